The fourth-order valence-electron chi connectivity index (χ4n) is 3.14. The molecule has 0 radical (unpaired) electrons. The van der Waals surface area contributed by atoms with E-state index in [9.17, 15) is 18.0 Å². The average molecular weight is 481 g/mol. The number of hydrogen-bond acceptors (Lipinski definition) is 6. The molecule has 0 aliphatic carbocycles. The molecule has 2 N–H and O–H groups in total. The molecule has 1 aliphatic rings. The molecule has 1 aliphatic heterocycles. The predicted molar refractivity (Wildman–Crippen MR) is 120 cm³/mol. The summed E-state index contributed by atoms with van der Waals surface area (Å²) in [7, 11) is -3.87. The number of benzene rings is 2. The highest BCUT2D eigenvalue weighted by atomic mass is 35.5. The Morgan fingerprint density at radius 1 is 1.13 bits per heavy atom. The smallest absolute Gasteiger partial charge is 0.338 e. The maximum absolute atomic E-state index is 13.0. The standard InChI is InChI=1S/C21H21ClN2O5S2/c1-3-29-20(25)18-17(12-31(27,28)16-10-6-14(22)7-11-16)23-21(26)24-19(18)13-4-8-15(30-2)9-5-13/h4-11,19H,3,12H2,1-2H3,(H2,23,24,26)/t19-/m1/s1. The van der Waals surface area contributed by atoms with Gasteiger partial charge in [-0.3, -0.25) is 0 Å². The lowest BCUT2D eigenvalue weighted by Crippen LogP contribution is -2.47. The third-order valence-electron chi connectivity index (χ3n) is 4.61. The van der Waals surface area contributed by atoms with Crippen molar-refractivity contribution in [2.24, 2.45) is 0 Å². The Bertz CT molecular complexity index is 1110. The van der Waals surface area contributed by atoms with Crippen molar-refractivity contribution in [3.05, 3.63) is 70.4 Å². The molecule has 0 saturated carbocycles. The minimum Gasteiger partial charge on any atom is -0.463 e. The van der Waals surface area contributed by atoms with Crippen molar-refractivity contribution in [1.29, 1.82) is 0 Å². The number of urea groups is 1. The summed E-state index contributed by atoms with van der Waals surface area (Å²) < 4.78 is 31.1. The zero-order chi connectivity index (χ0) is 22.6. The molecule has 7 nitrogen and oxygen atoms in total. The summed E-state index contributed by atoms with van der Waals surface area (Å²) in [5, 5.41) is 5.58. The van der Waals surface area contributed by atoms with Crippen LogP contribution in [-0.2, 0) is 19.4 Å². The van der Waals surface area contributed by atoms with Crippen molar-refractivity contribution in [3.63, 3.8) is 0 Å². The van der Waals surface area contributed by atoms with E-state index in [2.05, 4.69) is 10.6 Å². The van der Waals surface area contributed by atoms with Gasteiger partial charge in [0.25, 0.3) is 0 Å². The molecule has 0 bridgehead atoms. The zero-order valence-electron chi connectivity index (χ0n) is 16.8. The van der Waals surface area contributed by atoms with Gasteiger partial charge < -0.3 is 15.4 Å². The van der Waals surface area contributed by atoms with E-state index in [0.717, 1.165) is 4.90 Å². The number of carbonyl (C=O) groups excluding carboxylic acids is 2. The Kier molecular flexibility index (Phi) is 7.30. The molecule has 2 amide bonds. The summed E-state index contributed by atoms with van der Waals surface area (Å²) in [6.07, 6.45) is 1.94. The number of sulfone groups is 1. The number of esters is 1. The van der Waals surface area contributed by atoms with E-state index in [1.54, 1.807) is 30.8 Å². The molecule has 2 aromatic rings. The second kappa shape index (κ2) is 9.76. The molecule has 0 saturated heterocycles. The topological polar surface area (TPSA) is 102 Å². The van der Waals surface area contributed by atoms with Crippen LogP contribution in [0.15, 0.2) is 69.6 Å². The van der Waals surface area contributed by atoms with Crippen LogP contribution in [0, 0.1) is 0 Å². The first-order chi connectivity index (χ1) is 14.7. The number of halogens is 1. The van der Waals surface area contributed by atoms with Crippen LogP contribution < -0.4 is 10.6 Å². The van der Waals surface area contributed by atoms with E-state index < -0.39 is 33.6 Å². The van der Waals surface area contributed by atoms with Crippen molar-refractivity contribution in [2.45, 2.75) is 22.8 Å². The lowest BCUT2D eigenvalue weighted by molar-refractivity contribution is -0.139. The quantitative estimate of drug-likeness (QED) is 0.462. The second-order valence-electron chi connectivity index (χ2n) is 6.63. The first-order valence-electron chi connectivity index (χ1n) is 9.35. The van der Waals surface area contributed by atoms with Crippen LogP contribution in [0.3, 0.4) is 0 Å². The maximum Gasteiger partial charge on any atom is 0.338 e. The summed E-state index contributed by atoms with van der Waals surface area (Å²) in [5.74, 6) is -1.27. The highest BCUT2D eigenvalue weighted by Crippen LogP contribution is 2.30. The van der Waals surface area contributed by atoms with E-state index in [4.69, 9.17) is 16.3 Å². The zero-order valence-corrected chi connectivity index (χ0v) is 19.2. The highest BCUT2D eigenvalue weighted by molar-refractivity contribution is 7.98. The van der Waals surface area contributed by atoms with E-state index in [0.29, 0.717) is 10.6 Å². The highest BCUT2D eigenvalue weighted by Gasteiger charge is 2.35. The molecule has 1 heterocycles. The molecule has 0 unspecified atom stereocenters. The SMILES string of the molecule is CCOC(=O)C1=C(CS(=O)(=O)c2ccc(Cl)cc2)NC(=O)N[C@@H]1c1ccc(SC)cc1. The molecule has 31 heavy (non-hydrogen) atoms. The van der Waals surface area contributed by atoms with Gasteiger partial charge in [0.05, 0.1) is 28.9 Å². The van der Waals surface area contributed by atoms with Gasteiger partial charge in [-0.1, -0.05) is 23.7 Å². The van der Waals surface area contributed by atoms with Crippen LogP contribution in [0.1, 0.15) is 18.5 Å². The van der Waals surface area contributed by atoms with Gasteiger partial charge in [0, 0.05) is 15.6 Å². The fraction of sp³-hybridized carbons (Fsp3) is 0.238. The van der Waals surface area contributed by atoms with Crippen molar-refractivity contribution >= 4 is 45.2 Å². The van der Waals surface area contributed by atoms with E-state index in [1.165, 1.54) is 24.3 Å². The molecule has 10 heteroatoms. The molecule has 0 spiro atoms. The van der Waals surface area contributed by atoms with Gasteiger partial charge in [0.2, 0.25) is 0 Å². The molecule has 1 atom stereocenters. The molecule has 0 aromatic heterocycles. The number of hydrogen-bond donors (Lipinski definition) is 2. The lowest BCUT2D eigenvalue weighted by Gasteiger charge is -2.29. The normalized spacial score (nSPS) is 16.5. The van der Waals surface area contributed by atoms with E-state index >= 15 is 0 Å². The summed E-state index contributed by atoms with van der Waals surface area (Å²) in [5.41, 5.74) is 0.670. The number of amides is 2. The first-order valence-corrected chi connectivity index (χ1v) is 12.6. The van der Waals surface area contributed by atoms with Crippen molar-refractivity contribution in [1.82, 2.24) is 10.6 Å². The first kappa shape index (κ1) is 23.2. The monoisotopic (exact) mass is 480 g/mol. The van der Waals surface area contributed by atoms with Gasteiger partial charge in [-0.25, -0.2) is 18.0 Å². The van der Waals surface area contributed by atoms with Crippen LogP contribution in [0.25, 0.3) is 0 Å². The minimum absolute atomic E-state index is 0.0175. The van der Waals surface area contributed by atoms with Crippen molar-refractivity contribution < 1.29 is 22.7 Å². The van der Waals surface area contributed by atoms with Crippen LogP contribution in [0.4, 0.5) is 4.79 Å². The molecule has 164 valence electrons. The fourth-order valence-corrected chi connectivity index (χ4v) is 5.00. The number of ether oxygens (including phenoxy) is 1. The van der Waals surface area contributed by atoms with E-state index in [-0.39, 0.29) is 22.8 Å². The maximum atomic E-state index is 13.0. The molecule has 0 fully saturated rings. The Balaban J connectivity index is 2.07. The number of rotatable bonds is 7. The largest absolute Gasteiger partial charge is 0.463 e. The Morgan fingerprint density at radius 3 is 2.35 bits per heavy atom. The number of carbonyl (C=O) groups is 2. The van der Waals surface area contributed by atoms with Crippen molar-refractivity contribution in [3.8, 4) is 0 Å². The minimum atomic E-state index is -3.87. The molecule has 2 aromatic carbocycles. The van der Waals surface area contributed by atoms with E-state index in [1.807, 2.05) is 18.4 Å². The van der Waals surface area contributed by atoms with Gasteiger partial charge >= 0.3 is 12.0 Å². The Morgan fingerprint density at radius 2 is 1.77 bits per heavy atom. The molecular formula is C21H21ClN2O5S2. The van der Waals surface area contributed by atoms with Crippen LogP contribution in [-0.4, -0.2) is 39.0 Å². The molecular weight excluding hydrogens is 460 g/mol. The van der Waals surface area contributed by atoms with Crippen LogP contribution in [0.5, 0.6) is 0 Å². The molecule has 3 rings (SSSR count). The Hall–Kier alpha value is -2.49. The number of thioether (sulfide) groups is 1. The van der Waals surface area contributed by atoms with Gasteiger partial charge in [-0.05, 0) is 55.1 Å². The van der Waals surface area contributed by atoms with Gasteiger partial charge in [-0.2, -0.15) is 0 Å². The number of nitrogens with one attached hydrogen (secondary N) is 2. The predicted octanol–water partition coefficient (Wildman–Crippen LogP) is 3.71. The second-order valence-corrected chi connectivity index (χ2v) is 9.94. The Labute approximate surface area is 190 Å². The summed E-state index contributed by atoms with van der Waals surface area (Å²) in [6.45, 7) is 1.76. The van der Waals surface area contributed by atoms with Gasteiger partial charge in [0.15, 0.2) is 9.84 Å². The van der Waals surface area contributed by atoms with Crippen LogP contribution in [0.2, 0.25) is 5.02 Å². The van der Waals surface area contributed by atoms with Gasteiger partial charge in [0.1, 0.15) is 0 Å². The summed E-state index contributed by atoms with van der Waals surface area (Å²) >= 11 is 7.40. The summed E-state index contributed by atoms with van der Waals surface area (Å²) in [4.78, 5) is 26.2. The summed E-state index contributed by atoms with van der Waals surface area (Å²) in [6, 6.07) is 11.5. The van der Waals surface area contributed by atoms with Gasteiger partial charge in [-0.15, -0.1) is 11.8 Å². The lowest BCUT2D eigenvalue weighted by atomic mass is 9.95. The van der Waals surface area contributed by atoms with Crippen LogP contribution >= 0.6 is 23.4 Å². The average Bonchev–Trinajstić information content (AvgIpc) is 2.73. The van der Waals surface area contributed by atoms with Crippen molar-refractivity contribution in [2.75, 3.05) is 18.6 Å². The third-order valence-corrected chi connectivity index (χ3v) is 7.26. The third kappa shape index (κ3) is 5.41.